The van der Waals surface area contributed by atoms with Gasteiger partial charge < -0.3 is 15.5 Å². The lowest BCUT2D eigenvalue weighted by molar-refractivity contribution is -0.120. The van der Waals surface area contributed by atoms with Gasteiger partial charge in [0.25, 0.3) is 5.91 Å². The zero-order chi connectivity index (χ0) is 18.5. The van der Waals surface area contributed by atoms with E-state index in [2.05, 4.69) is 15.5 Å². The molecule has 0 aliphatic carbocycles. The largest absolute Gasteiger partial charge is 0.369 e. The van der Waals surface area contributed by atoms with E-state index in [9.17, 15) is 14.0 Å². The number of carbonyl (C=O) groups is 2. The number of halogens is 2. The Kier molecular flexibility index (Phi) is 5.73. The Labute approximate surface area is 156 Å². The molecule has 1 unspecified atom stereocenters. The summed E-state index contributed by atoms with van der Waals surface area (Å²) in [6, 6.07) is 12.8. The minimum atomic E-state index is -0.411. The second-order valence-corrected chi connectivity index (χ2v) is 6.60. The average Bonchev–Trinajstić information content (AvgIpc) is 3.09. The molecule has 136 valence electrons. The Morgan fingerprint density at radius 1 is 1.12 bits per heavy atom. The van der Waals surface area contributed by atoms with Crippen LogP contribution in [0.5, 0.6) is 0 Å². The second-order valence-electron chi connectivity index (χ2n) is 6.17. The zero-order valence-corrected chi connectivity index (χ0v) is 14.8. The van der Waals surface area contributed by atoms with Gasteiger partial charge in [-0.05, 0) is 55.0 Å². The molecule has 2 amide bonds. The third kappa shape index (κ3) is 4.73. The van der Waals surface area contributed by atoms with E-state index in [1.165, 1.54) is 24.3 Å². The lowest BCUT2D eigenvalue weighted by Crippen LogP contribution is -2.43. The van der Waals surface area contributed by atoms with Crippen LogP contribution in [0.3, 0.4) is 0 Å². The van der Waals surface area contributed by atoms with Gasteiger partial charge in [0.2, 0.25) is 5.91 Å². The number of amides is 2. The van der Waals surface area contributed by atoms with E-state index in [-0.39, 0.29) is 18.5 Å². The number of hydrogen-bond acceptors (Lipinski definition) is 3. The van der Waals surface area contributed by atoms with Crippen molar-refractivity contribution in [2.75, 3.05) is 24.5 Å². The van der Waals surface area contributed by atoms with Gasteiger partial charge in [0.1, 0.15) is 5.82 Å². The average molecular weight is 376 g/mol. The molecule has 0 bridgehead atoms. The summed E-state index contributed by atoms with van der Waals surface area (Å²) in [5, 5.41) is 6.15. The molecule has 1 fully saturated rings. The van der Waals surface area contributed by atoms with Crippen LogP contribution in [-0.4, -0.2) is 37.5 Å². The highest BCUT2D eigenvalue weighted by Crippen LogP contribution is 2.22. The van der Waals surface area contributed by atoms with E-state index in [0.29, 0.717) is 17.1 Å². The number of hydrogen-bond donors (Lipinski definition) is 2. The topological polar surface area (TPSA) is 61.4 Å². The second kappa shape index (κ2) is 8.19. The van der Waals surface area contributed by atoms with Crippen molar-refractivity contribution in [1.29, 1.82) is 0 Å². The molecule has 26 heavy (non-hydrogen) atoms. The predicted molar refractivity (Wildman–Crippen MR) is 98.9 cm³/mol. The van der Waals surface area contributed by atoms with Crippen LogP contribution in [0.25, 0.3) is 0 Å². The van der Waals surface area contributed by atoms with Crippen molar-refractivity contribution >= 4 is 29.1 Å². The van der Waals surface area contributed by atoms with Gasteiger partial charge >= 0.3 is 0 Å². The molecular formula is C19H19ClFN3O2. The molecule has 5 nitrogen and oxygen atoms in total. The Morgan fingerprint density at radius 3 is 2.50 bits per heavy atom. The van der Waals surface area contributed by atoms with Gasteiger partial charge in [-0.25, -0.2) is 4.39 Å². The van der Waals surface area contributed by atoms with E-state index in [1.807, 2.05) is 24.3 Å². The normalized spacial score (nSPS) is 16.4. The summed E-state index contributed by atoms with van der Waals surface area (Å²) >= 11 is 5.90. The summed E-state index contributed by atoms with van der Waals surface area (Å²) < 4.78 is 12.9. The molecule has 1 aliphatic heterocycles. The number of rotatable bonds is 5. The van der Waals surface area contributed by atoms with Crippen LogP contribution in [0.1, 0.15) is 16.8 Å². The smallest absolute Gasteiger partial charge is 0.251 e. The molecule has 3 rings (SSSR count). The number of nitrogens with one attached hydrogen (secondary N) is 2. The van der Waals surface area contributed by atoms with Gasteiger partial charge in [0, 0.05) is 35.4 Å². The standard InChI is InChI=1S/C19H19ClFN3O2/c20-14-3-7-17(8-4-14)24-10-9-16(12-24)23-18(25)11-22-19(26)13-1-5-15(21)6-2-13/h1-8,16H,9-12H2,(H,22,26)(H,23,25). The number of nitrogens with zero attached hydrogens (tertiary/aromatic N) is 1. The quantitative estimate of drug-likeness (QED) is 0.844. The number of benzene rings is 2. The Morgan fingerprint density at radius 2 is 1.81 bits per heavy atom. The van der Waals surface area contributed by atoms with E-state index >= 15 is 0 Å². The van der Waals surface area contributed by atoms with Crippen LogP contribution in [-0.2, 0) is 4.79 Å². The van der Waals surface area contributed by atoms with Gasteiger partial charge in [-0.2, -0.15) is 0 Å². The van der Waals surface area contributed by atoms with Crippen molar-refractivity contribution in [1.82, 2.24) is 10.6 Å². The minimum absolute atomic E-state index is 0.0286. The fraction of sp³-hybridized carbons (Fsp3) is 0.263. The SMILES string of the molecule is O=C(CNC(=O)c1ccc(F)cc1)NC1CCN(c2ccc(Cl)cc2)C1. The van der Waals surface area contributed by atoms with Crippen LogP contribution >= 0.6 is 11.6 Å². The van der Waals surface area contributed by atoms with Crippen LogP contribution in [0, 0.1) is 5.82 Å². The minimum Gasteiger partial charge on any atom is -0.369 e. The molecule has 0 aromatic heterocycles. The number of carbonyl (C=O) groups excluding carboxylic acids is 2. The third-order valence-electron chi connectivity index (χ3n) is 4.26. The predicted octanol–water partition coefficient (Wildman–Crippen LogP) is 2.60. The van der Waals surface area contributed by atoms with E-state index in [0.717, 1.165) is 18.7 Å². The van der Waals surface area contributed by atoms with Crippen LogP contribution < -0.4 is 15.5 Å². The molecule has 1 saturated heterocycles. The molecule has 0 spiro atoms. The molecular weight excluding hydrogens is 357 g/mol. The van der Waals surface area contributed by atoms with Crippen molar-refractivity contribution in [2.45, 2.75) is 12.5 Å². The highest BCUT2D eigenvalue weighted by atomic mass is 35.5. The first kappa shape index (κ1) is 18.2. The van der Waals surface area contributed by atoms with Gasteiger partial charge in [0.15, 0.2) is 0 Å². The fourth-order valence-electron chi connectivity index (χ4n) is 2.91. The molecule has 0 radical (unpaired) electrons. The van der Waals surface area contributed by atoms with Gasteiger partial charge in [-0.3, -0.25) is 9.59 Å². The molecule has 2 N–H and O–H groups in total. The Bertz CT molecular complexity index is 780. The first-order chi connectivity index (χ1) is 12.5. The summed E-state index contributed by atoms with van der Waals surface area (Å²) in [6.07, 6.45) is 0.834. The van der Waals surface area contributed by atoms with Gasteiger partial charge in [0.05, 0.1) is 6.54 Å². The molecule has 1 aliphatic rings. The summed E-state index contributed by atoms with van der Waals surface area (Å²) in [4.78, 5) is 26.2. The van der Waals surface area contributed by atoms with E-state index in [1.54, 1.807) is 0 Å². The summed E-state index contributed by atoms with van der Waals surface area (Å²) in [5.41, 5.74) is 1.38. The van der Waals surface area contributed by atoms with Crippen LogP contribution in [0.2, 0.25) is 5.02 Å². The third-order valence-corrected chi connectivity index (χ3v) is 4.51. The van der Waals surface area contributed by atoms with Crippen molar-refractivity contribution < 1.29 is 14.0 Å². The first-order valence-corrected chi connectivity index (χ1v) is 8.73. The van der Waals surface area contributed by atoms with Gasteiger partial charge in [-0.1, -0.05) is 11.6 Å². The fourth-order valence-corrected chi connectivity index (χ4v) is 3.03. The van der Waals surface area contributed by atoms with Crippen LogP contribution in [0.15, 0.2) is 48.5 Å². The molecule has 2 aromatic carbocycles. The lowest BCUT2D eigenvalue weighted by atomic mass is 10.2. The highest BCUT2D eigenvalue weighted by molar-refractivity contribution is 6.30. The molecule has 0 saturated carbocycles. The Hall–Kier alpha value is -2.60. The van der Waals surface area contributed by atoms with Gasteiger partial charge in [-0.15, -0.1) is 0 Å². The van der Waals surface area contributed by atoms with E-state index in [4.69, 9.17) is 11.6 Å². The lowest BCUT2D eigenvalue weighted by Gasteiger charge is -2.19. The Balaban J connectivity index is 1.44. The zero-order valence-electron chi connectivity index (χ0n) is 14.0. The van der Waals surface area contributed by atoms with Crippen molar-refractivity contribution in [3.05, 3.63) is 64.9 Å². The number of anilines is 1. The first-order valence-electron chi connectivity index (χ1n) is 8.35. The highest BCUT2D eigenvalue weighted by Gasteiger charge is 2.24. The van der Waals surface area contributed by atoms with Crippen molar-refractivity contribution in [2.24, 2.45) is 0 Å². The van der Waals surface area contributed by atoms with Crippen LogP contribution in [0.4, 0.5) is 10.1 Å². The summed E-state index contributed by atoms with van der Waals surface area (Å²) in [5.74, 6) is -1.07. The summed E-state index contributed by atoms with van der Waals surface area (Å²) in [7, 11) is 0. The van der Waals surface area contributed by atoms with Crippen molar-refractivity contribution in [3.8, 4) is 0 Å². The van der Waals surface area contributed by atoms with Crippen molar-refractivity contribution in [3.63, 3.8) is 0 Å². The molecule has 1 heterocycles. The maximum Gasteiger partial charge on any atom is 0.251 e. The molecule has 7 heteroatoms. The monoisotopic (exact) mass is 375 g/mol. The summed E-state index contributed by atoms with van der Waals surface area (Å²) in [6.45, 7) is 1.43. The maximum absolute atomic E-state index is 12.9. The maximum atomic E-state index is 12.9. The molecule has 2 aromatic rings. The molecule has 1 atom stereocenters. The van der Waals surface area contributed by atoms with E-state index < -0.39 is 11.7 Å².